The van der Waals surface area contributed by atoms with Gasteiger partial charge in [-0.05, 0) is 36.1 Å². The second-order valence-corrected chi connectivity index (χ2v) is 5.06. The van der Waals surface area contributed by atoms with E-state index in [-0.39, 0.29) is 0 Å². The minimum Gasteiger partial charge on any atom is -0.497 e. The highest BCUT2D eigenvalue weighted by Crippen LogP contribution is 2.46. The lowest BCUT2D eigenvalue weighted by Gasteiger charge is -2.20. The molecule has 0 aromatic heterocycles. The Morgan fingerprint density at radius 3 is 2.61 bits per heavy atom. The fraction of sp³-hybridized carbons (Fsp3) is 0.250. The molecular formula is C16H15NO. The minimum absolute atomic E-state index is 0.601. The molecule has 4 rings (SSSR count). The average molecular weight is 237 g/mol. The first-order valence-corrected chi connectivity index (χ1v) is 6.41. The molecule has 1 atom stereocenters. The van der Waals surface area contributed by atoms with Crippen molar-refractivity contribution in [3.05, 3.63) is 53.6 Å². The SMILES string of the molecule is COc1ccc2c(c1)N1c3ccccc3CC1C2. The zero-order valence-electron chi connectivity index (χ0n) is 10.4. The fourth-order valence-corrected chi connectivity index (χ4v) is 3.27. The highest BCUT2D eigenvalue weighted by molar-refractivity contribution is 5.77. The highest BCUT2D eigenvalue weighted by Gasteiger charge is 2.36. The first kappa shape index (κ1) is 10.0. The van der Waals surface area contributed by atoms with Crippen LogP contribution in [0.2, 0.25) is 0 Å². The lowest BCUT2D eigenvalue weighted by molar-refractivity contribution is 0.415. The Bertz CT molecular complexity index is 620. The molecular weight excluding hydrogens is 222 g/mol. The summed E-state index contributed by atoms with van der Waals surface area (Å²) in [7, 11) is 1.73. The van der Waals surface area contributed by atoms with Gasteiger partial charge in [-0.1, -0.05) is 24.3 Å². The topological polar surface area (TPSA) is 12.5 Å². The molecule has 0 spiro atoms. The van der Waals surface area contributed by atoms with Crippen molar-refractivity contribution in [2.75, 3.05) is 12.0 Å². The van der Waals surface area contributed by atoms with Crippen molar-refractivity contribution in [1.82, 2.24) is 0 Å². The standard InChI is InChI=1S/C16H15NO/c1-18-14-7-6-12-9-13-8-11-4-2-3-5-15(11)17(13)16(12)10-14/h2-7,10,13H,8-9H2,1H3. The molecule has 18 heavy (non-hydrogen) atoms. The summed E-state index contributed by atoms with van der Waals surface area (Å²) in [6.07, 6.45) is 2.31. The van der Waals surface area contributed by atoms with Gasteiger partial charge in [-0.2, -0.15) is 0 Å². The van der Waals surface area contributed by atoms with Gasteiger partial charge in [-0.25, -0.2) is 0 Å². The number of benzene rings is 2. The van der Waals surface area contributed by atoms with Crippen LogP contribution in [-0.4, -0.2) is 13.2 Å². The molecule has 2 aromatic rings. The molecule has 0 bridgehead atoms. The normalized spacial score (nSPS) is 19.4. The maximum atomic E-state index is 5.35. The van der Waals surface area contributed by atoms with Crippen molar-refractivity contribution in [2.24, 2.45) is 0 Å². The van der Waals surface area contributed by atoms with Crippen LogP contribution in [0.1, 0.15) is 11.1 Å². The fourth-order valence-electron chi connectivity index (χ4n) is 3.27. The van der Waals surface area contributed by atoms with E-state index in [1.165, 1.54) is 22.5 Å². The summed E-state index contributed by atoms with van der Waals surface area (Å²) >= 11 is 0. The number of methoxy groups -OCH3 is 1. The van der Waals surface area contributed by atoms with Crippen molar-refractivity contribution in [1.29, 1.82) is 0 Å². The average Bonchev–Trinajstić information content (AvgIpc) is 2.93. The van der Waals surface area contributed by atoms with E-state index < -0.39 is 0 Å². The summed E-state index contributed by atoms with van der Waals surface area (Å²) in [5.41, 5.74) is 5.60. The van der Waals surface area contributed by atoms with Gasteiger partial charge in [-0.3, -0.25) is 0 Å². The molecule has 90 valence electrons. The summed E-state index contributed by atoms with van der Waals surface area (Å²) in [5, 5.41) is 0. The van der Waals surface area contributed by atoms with Crippen LogP contribution in [0.25, 0.3) is 0 Å². The Labute approximate surface area is 107 Å². The number of para-hydroxylation sites is 1. The predicted molar refractivity (Wildman–Crippen MR) is 72.8 cm³/mol. The molecule has 2 aliphatic heterocycles. The number of hydrogen-bond acceptors (Lipinski definition) is 2. The van der Waals surface area contributed by atoms with Gasteiger partial charge in [0, 0.05) is 23.5 Å². The Hall–Kier alpha value is -1.96. The Morgan fingerprint density at radius 2 is 1.78 bits per heavy atom. The van der Waals surface area contributed by atoms with Gasteiger partial charge in [0.1, 0.15) is 5.75 Å². The Kier molecular flexibility index (Phi) is 1.95. The third-order valence-corrected chi connectivity index (χ3v) is 4.08. The molecule has 2 aromatic carbocycles. The molecule has 0 saturated carbocycles. The molecule has 0 amide bonds. The summed E-state index contributed by atoms with van der Waals surface area (Å²) in [6.45, 7) is 0. The maximum absolute atomic E-state index is 5.35. The van der Waals surface area contributed by atoms with E-state index in [1.54, 1.807) is 7.11 Å². The van der Waals surface area contributed by atoms with Crippen LogP contribution in [0.3, 0.4) is 0 Å². The number of rotatable bonds is 1. The van der Waals surface area contributed by atoms with Crippen LogP contribution in [-0.2, 0) is 12.8 Å². The number of ether oxygens (including phenoxy) is 1. The third kappa shape index (κ3) is 1.23. The summed E-state index contributed by atoms with van der Waals surface area (Å²) in [5.74, 6) is 0.943. The molecule has 2 heterocycles. The van der Waals surface area contributed by atoms with Gasteiger partial charge < -0.3 is 9.64 Å². The minimum atomic E-state index is 0.601. The van der Waals surface area contributed by atoms with Crippen molar-refractivity contribution < 1.29 is 4.74 Å². The summed E-state index contributed by atoms with van der Waals surface area (Å²) < 4.78 is 5.35. The van der Waals surface area contributed by atoms with Crippen LogP contribution in [0.5, 0.6) is 5.75 Å². The molecule has 1 unspecified atom stereocenters. The van der Waals surface area contributed by atoms with Gasteiger partial charge in [0.15, 0.2) is 0 Å². The quantitative estimate of drug-likeness (QED) is 0.754. The first-order valence-electron chi connectivity index (χ1n) is 6.41. The van der Waals surface area contributed by atoms with Crippen LogP contribution in [0, 0.1) is 0 Å². The van der Waals surface area contributed by atoms with Crippen molar-refractivity contribution in [3.63, 3.8) is 0 Å². The monoisotopic (exact) mass is 237 g/mol. The maximum Gasteiger partial charge on any atom is 0.120 e. The van der Waals surface area contributed by atoms with E-state index in [9.17, 15) is 0 Å². The molecule has 0 saturated heterocycles. The molecule has 2 heteroatoms. The smallest absolute Gasteiger partial charge is 0.120 e. The largest absolute Gasteiger partial charge is 0.497 e. The predicted octanol–water partition coefficient (Wildman–Crippen LogP) is 3.31. The van der Waals surface area contributed by atoms with E-state index in [2.05, 4.69) is 47.4 Å². The molecule has 2 nitrogen and oxygen atoms in total. The van der Waals surface area contributed by atoms with E-state index in [1.807, 2.05) is 0 Å². The van der Waals surface area contributed by atoms with Gasteiger partial charge in [0.25, 0.3) is 0 Å². The first-order chi connectivity index (χ1) is 8.86. The summed E-state index contributed by atoms with van der Waals surface area (Å²) in [4.78, 5) is 2.48. The summed E-state index contributed by atoms with van der Waals surface area (Å²) in [6, 6.07) is 15.8. The molecule has 0 aliphatic carbocycles. The molecule has 0 radical (unpaired) electrons. The van der Waals surface area contributed by atoms with Crippen LogP contribution < -0.4 is 9.64 Å². The van der Waals surface area contributed by atoms with Crippen LogP contribution in [0.15, 0.2) is 42.5 Å². The lowest BCUT2D eigenvalue weighted by atomic mass is 10.0. The van der Waals surface area contributed by atoms with E-state index in [0.29, 0.717) is 6.04 Å². The second kappa shape index (κ2) is 3.52. The second-order valence-electron chi connectivity index (χ2n) is 5.06. The van der Waals surface area contributed by atoms with E-state index in [4.69, 9.17) is 4.74 Å². The van der Waals surface area contributed by atoms with Gasteiger partial charge >= 0.3 is 0 Å². The Morgan fingerprint density at radius 1 is 1.00 bits per heavy atom. The third-order valence-electron chi connectivity index (χ3n) is 4.08. The van der Waals surface area contributed by atoms with Crippen LogP contribution in [0.4, 0.5) is 11.4 Å². The molecule has 0 fully saturated rings. The van der Waals surface area contributed by atoms with Gasteiger partial charge in [-0.15, -0.1) is 0 Å². The molecule has 0 N–H and O–H groups in total. The van der Waals surface area contributed by atoms with Gasteiger partial charge in [0.2, 0.25) is 0 Å². The molecule has 2 aliphatic rings. The Balaban J connectivity index is 1.88. The zero-order valence-corrected chi connectivity index (χ0v) is 10.4. The number of nitrogens with zero attached hydrogens (tertiary/aromatic N) is 1. The van der Waals surface area contributed by atoms with Crippen LogP contribution >= 0.6 is 0 Å². The zero-order chi connectivity index (χ0) is 12.1. The van der Waals surface area contributed by atoms with E-state index in [0.717, 1.165) is 18.6 Å². The van der Waals surface area contributed by atoms with E-state index >= 15 is 0 Å². The number of hydrogen-bond donors (Lipinski definition) is 0. The van der Waals surface area contributed by atoms with Crippen molar-refractivity contribution >= 4 is 11.4 Å². The van der Waals surface area contributed by atoms with Gasteiger partial charge in [0.05, 0.1) is 7.11 Å². The van der Waals surface area contributed by atoms with Crippen molar-refractivity contribution in [2.45, 2.75) is 18.9 Å². The number of anilines is 2. The highest BCUT2D eigenvalue weighted by atomic mass is 16.5. The van der Waals surface area contributed by atoms with Crippen molar-refractivity contribution in [3.8, 4) is 5.75 Å². The number of fused-ring (bicyclic) bond motifs is 5. The lowest BCUT2D eigenvalue weighted by Crippen LogP contribution is -2.22.